The molecule has 138 valence electrons. The molecule has 3 rings (SSSR count). The number of aromatic nitrogens is 2. The molecule has 0 radical (unpaired) electrons. The fraction of sp³-hybridized carbons (Fsp3) is 0.444. The summed E-state index contributed by atoms with van der Waals surface area (Å²) in [5, 5.41) is 16.5. The highest BCUT2D eigenvalue weighted by Gasteiger charge is 2.30. The standard InChI is InChI=1S/C18H20ClN3O4/c19-14-6-2-3-11(10-14)16-21-15(26-22-16)7-8-20-17(23)12-4-1-5-13(9-12)18(24)25/h2-3,6,10,12-13H,1,4-5,7-9H2,(H,20,23)(H,24,25). The predicted molar refractivity (Wildman–Crippen MR) is 94.5 cm³/mol. The minimum absolute atomic E-state index is 0.106. The molecule has 1 saturated carbocycles. The lowest BCUT2D eigenvalue weighted by atomic mass is 9.81. The van der Waals surface area contributed by atoms with Gasteiger partial charge in [-0.15, -0.1) is 0 Å². The summed E-state index contributed by atoms with van der Waals surface area (Å²) >= 11 is 5.95. The van der Waals surface area contributed by atoms with Crippen LogP contribution < -0.4 is 5.32 Å². The highest BCUT2D eigenvalue weighted by atomic mass is 35.5. The summed E-state index contributed by atoms with van der Waals surface area (Å²) in [5.74, 6) is -0.713. The van der Waals surface area contributed by atoms with Gasteiger partial charge in [0.15, 0.2) is 0 Å². The maximum Gasteiger partial charge on any atom is 0.306 e. The van der Waals surface area contributed by atoms with Crippen LogP contribution in [-0.2, 0) is 16.0 Å². The van der Waals surface area contributed by atoms with Gasteiger partial charge in [0, 0.05) is 29.5 Å². The molecule has 1 aromatic carbocycles. The van der Waals surface area contributed by atoms with Gasteiger partial charge in [-0.1, -0.05) is 35.3 Å². The van der Waals surface area contributed by atoms with Gasteiger partial charge in [-0.05, 0) is 31.4 Å². The number of carboxylic acids is 1. The number of nitrogens with one attached hydrogen (secondary N) is 1. The van der Waals surface area contributed by atoms with Crippen molar-refractivity contribution in [3.63, 3.8) is 0 Å². The van der Waals surface area contributed by atoms with Crippen molar-refractivity contribution in [1.29, 1.82) is 0 Å². The molecule has 2 N–H and O–H groups in total. The Bertz CT molecular complexity index is 792. The van der Waals surface area contributed by atoms with Crippen molar-refractivity contribution < 1.29 is 19.2 Å². The van der Waals surface area contributed by atoms with Crippen LogP contribution in [0.2, 0.25) is 5.02 Å². The third-order valence-corrected chi connectivity index (χ3v) is 4.82. The molecule has 1 fully saturated rings. The minimum atomic E-state index is -0.818. The molecule has 1 heterocycles. The summed E-state index contributed by atoms with van der Waals surface area (Å²) in [4.78, 5) is 27.6. The van der Waals surface area contributed by atoms with Crippen molar-refractivity contribution in [1.82, 2.24) is 15.5 Å². The van der Waals surface area contributed by atoms with E-state index < -0.39 is 11.9 Å². The molecule has 0 aliphatic heterocycles. The van der Waals surface area contributed by atoms with Gasteiger partial charge in [-0.3, -0.25) is 9.59 Å². The van der Waals surface area contributed by atoms with Crippen molar-refractivity contribution in [2.24, 2.45) is 11.8 Å². The molecule has 26 heavy (non-hydrogen) atoms. The Labute approximate surface area is 155 Å². The number of hydrogen-bond acceptors (Lipinski definition) is 5. The van der Waals surface area contributed by atoms with Gasteiger partial charge in [0.2, 0.25) is 17.6 Å². The molecule has 0 saturated heterocycles. The van der Waals surface area contributed by atoms with Gasteiger partial charge in [0.1, 0.15) is 0 Å². The molecule has 1 amide bonds. The van der Waals surface area contributed by atoms with Gasteiger partial charge >= 0.3 is 5.97 Å². The summed E-state index contributed by atoms with van der Waals surface area (Å²) in [5.41, 5.74) is 0.762. The molecule has 2 aromatic rings. The van der Waals surface area contributed by atoms with E-state index in [1.165, 1.54) is 0 Å². The normalized spacial score (nSPS) is 19.9. The van der Waals surface area contributed by atoms with Crippen LogP contribution in [0.1, 0.15) is 31.6 Å². The average molecular weight is 378 g/mol. The number of rotatable bonds is 6. The molecule has 7 nitrogen and oxygen atoms in total. The van der Waals surface area contributed by atoms with Crippen molar-refractivity contribution in [2.45, 2.75) is 32.1 Å². The lowest BCUT2D eigenvalue weighted by molar-refractivity contribution is -0.144. The highest BCUT2D eigenvalue weighted by molar-refractivity contribution is 6.30. The second kappa shape index (κ2) is 8.31. The smallest absolute Gasteiger partial charge is 0.306 e. The van der Waals surface area contributed by atoms with Gasteiger partial charge in [-0.2, -0.15) is 4.98 Å². The Hall–Kier alpha value is -2.41. The van der Waals surface area contributed by atoms with Gasteiger partial charge in [0.25, 0.3) is 0 Å². The maximum atomic E-state index is 12.2. The fourth-order valence-corrected chi connectivity index (χ4v) is 3.38. The molecule has 1 aliphatic carbocycles. The first-order valence-electron chi connectivity index (χ1n) is 8.62. The van der Waals surface area contributed by atoms with Gasteiger partial charge in [0.05, 0.1) is 5.92 Å². The summed E-state index contributed by atoms with van der Waals surface area (Å²) in [6, 6.07) is 7.16. The van der Waals surface area contributed by atoms with Crippen LogP contribution in [0.3, 0.4) is 0 Å². The monoisotopic (exact) mass is 377 g/mol. The summed E-state index contributed by atoms with van der Waals surface area (Å²) < 4.78 is 5.20. The van der Waals surface area contributed by atoms with E-state index in [0.717, 1.165) is 18.4 Å². The van der Waals surface area contributed by atoms with E-state index in [1.54, 1.807) is 12.1 Å². The van der Waals surface area contributed by atoms with Crippen molar-refractivity contribution in [3.05, 3.63) is 35.2 Å². The van der Waals surface area contributed by atoms with Crippen LogP contribution in [0.15, 0.2) is 28.8 Å². The van der Waals surface area contributed by atoms with Crippen LogP contribution in [0, 0.1) is 11.8 Å². The Balaban J connectivity index is 1.49. The first-order chi connectivity index (χ1) is 12.5. The molecule has 1 aliphatic rings. The van der Waals surface area contributed by atoms with Crippen LogP contribution in [0.25, 0.3) is 11.4 Å². The zero-order valence-electron chi connectivity index (χ0n) is 14.2. The number of carboxylic acid groups (broad SMARTS) is 1. The number of amides is 1. The molecule has 8 heteroatoms. The van der Waals surface area contributed by atoms with Gasteiger partial charge in [-0.25, -0.2) is 0 Å². The average Bonchev–Trinajstić information content (AvgIpc) is 3.10. The van der Waals surface area contributed by atoms with Crippen LogP contribution in [-0.4, -0.2) is 33.7 Å². The second-order valence-corrected chi connectivity index (χ2v) is 6.90. The quantitative estimate of drug-likeness (QED) is 0.801. The lowest BCUT2D eigenvalue weighted by Gasteiger charge is -2.25. The van der Waals surface area contributed by atoms with Crippen LogP contribution in [0.4, 0.5) is 0 Å². The summed E-state index contributed by atoms with van der Waals surface area (Å²) in [7, 11) is 0. The number of benzene rings is 1. The molecule has 0 bridgehead atoms. The Morgan fingerprint density at radius 3 is 2.88 bits per heavy atom. The summed E-state index contributed by atoms with van der Waals surface area (Å²) in [6.07, 6.45) is 2.96. The highest BCUT2D eigenvalue weighted by Crippen LogP contribution is 2.29. The molecule has 0 spiro atoms. The minimum Gasteiger partial charge on any atom is -0.481 e. The first kappa shape index (κ1) is 18.4. The van der Waals surface area contributed by atoms with Crippen molar-refractivity contribution in [3.8, 4) is 11.4 Å². The number of aliphatic carboxylic acids is 1. The van der Waals surface area contributed by atoms with E-state index in [1.807, 2.05) is 12.1 Å². The van der Waals surface area contributed by atoms with Crippen molar-refractivity contribution >= 4 is 23.5 Å². The number of halogens is 1. The topological polar surface area (TPSA) is 105 Å². The second-order valence-electron chi connectivity index (χ2n) is 6.46. The van der Waals surface area contributed by atoms with E-state index in [9.17, 15) is 9.59 Å². The van der Waals surface area contributed by atoms with E-state index in [2.05, 4.69) is 15.5 Å². The van der Waals surface area contributed by atoms with Crippen LogP contribution >= 0.6 is 11.6 Å². The summed E-state index contributed by atoms with van der Waals surface area (Å²) in [6.45, 7) is 0.365. The van der Waals surface area contributed by atoms with Crippen LogP contribution in [0.5, 0.6) is 0 Å². The zero-order valence-corrected chi connectivity index (χ0v) is 14.9. The molecular weight excluding hydrogens is 358 g/mol. The number of hydrogen-bond donors (Lipinski definition) is 2. The number of carbonyl (C=O) groups excluding carboxylic acids is 1. The Kier molecular flexibility index (Phi) is 5.88. The van der Waals surface area contributed by atoms with E-state index in [-0.39, 0.29) is 11.8 Å². The first-order valence-corrected chi connectivity index (χ1v) is 9.00. The zero-order chi connectivity index (χ0) is 18.5. The number of carbonyl (C=O) groups is 2. The SMILES string of the molecule is O=C(O)C1CCCC(C(=O)NCCc2nc(-c3cccc(Cl)c3)no2)C1. The van der Waals surface area contributed by atoms with E-state index in [0.29, 0.717) is 42.5 Å². The largest absolute Gasteiger partial charge is 0.481 e. The molecule has 1 aromatic heterocycles. The Morgan fingerprint density at radius 1 is 1.31 bits per heavy atom. The van der Waals surface area contributed by atoms with Crippen molar-refractivity contribution in [2.75, 3.05) is 6.54 Å². The predicted octanol–water partition coefficient (Wildman–Crippen LogP) is 2.94. The Morgan fingerprint density at radius 2 is 2.12 bits per heavy atom. The third-order valence-electron chi connectivity index (χ3n) is 4.58. The van der Waals surface area contributed by atoms with E-state index >= 15 is 0 Å². The number of nitrogens with zero attached hydrogens (tertiary/aromatic N) is 2. The third kappa shape index (κ3) is 4.60. The molecule has 2 atom stereocenters. The fourth-order valence-electron chi connectivity index (χ4n) is 3.19. The molecular formula is C18H20ClN3O4. The molecule has 2 unspecified atom stereocenters. The van der Waals surface area contributed by atoms with Gasteiger partial charge < -0.3 is 14.9 Å². The lowest BCUT2D eigenvalue weighted by Crippen LogP contribution is -2.36. The maximum absolute atomic E-state index is 12.2. The van der Waals surface area contributed by atoms with E-state index in [4.69, 9.17) is 21.2 Å².